The molecule has 1 aliphatic carbocycles. The number of carboxylic acids is 1. The summed E-state index contributed by atoms with van der Waals surface area (Å²) in [5, 5.41) is 12.2. The molecule has 0 atom stereocenters. The van der Waals surface area contributed by atoms with E-state index in [0.29, 0.717) is 5.69 Å². The van der Waals surface area contributed by atoms with Crippen LogP contribution >= 0.6 is 0 Å². The summed E-state index contributed by atoms with van der Waals surface area (Å²) in [4.78, 5) is 22.0. The highest BCUT2D eigenvalue weighted by Gasteiger charge is 2.17. The van der Waals surface area contributed by atoms with Crippen LogP contribution in [0.4, 0.5) is 5.69 Å². The summed E-state index contributed by atoms with van der Waals surface area (Å²) >= 11 is 0. The van der Waals surface area contributed by atoms with Crippen molar-refractivity contribution in [1.29, 1.82) is 0 Å². The van der Waals surface area contributed by atoms with E-state index in [1.165, 1.54) is 5.56 Å². The van der Waals surface area contributed by atoms with Gasteiger partial charge in [0.1, 0.15) is 11.3 Å². The van der Waals surface area contributed by atoms with E-state index in [1.54, 1.807) is 6.07 Å². The van der Waals surface area contributed by atoms with Gasteiger partial charge in [0.2, 0.25) is 5.91 Å². The van der Waals surface area contributed by atoms with E-state index in [-0.39, 0.29) is 0 Å². The number of anilines is 1. The van der Waals surface area contributed by atoms with Crippen molar-refractivity contribution in [1.82, 2.24) is 0 Å². The van der Waals surface area contributed by atoms with Crippen LogP contribution in [0.25, 0.3) is 11.0 Å². The number of hydrogen-bond donors (Lipinski definition) is 2. The van der Waals surface area contributed by atoms with E-state index >= 15 is 0 Å². The van der Waals surface area contributed by atoms with Crippen LogP contribution in [0, 0.1) is 0 Å². The van der Waals surface area contributed by atoms with E-state index in [4.69, 9.17) is 9.52 Å². The van der Waals surface area contributed by atoms with E-state index in [1.807, 2.05) is 12.1 Å². The smallest absolute Gasteiger partial charge is 0.328 e. The lowest BCUT2D eigenvalue weighted by Crippen LogP contribution is -2.08. The first kappa shape index (κ1) is 13.4. The molecule has 21 heavy (non-hydrogen) atoms. The molecule has 1 aromatic carbocycles. The number of carbonyl (C=O) groups is 2. The summed E-state index contributed by atoms with van der Waals surface area (Å²) in [6, 6.07) is 5.48. The Morgan fingerprint density at radius 2 is 2.00 bits per heavy atom. The Kier molecular flexibility index (Phi) is 3.48. The lowest BCUT2D eigenvalue weighted by atomic mass is 9.96. The van der Waals surface area contributed by atoms with E-state index in [2.05, 4.69) is 5.32 Å². The van der Waals surface area contributed by atoms with Crippen molar-refractivity contribution in [2.45, 2.75) is 25.7 Å². The number of furan rings is 1. The molecule has 108 valence electrons. The quantitative estimate of drug-likeness (QED) is 0.850. The van der Waals surface area contributed by atoms with Crippen LogP contribution in [0.5, 0.6) is 0 Å². The normalized spacial score (nSPS) is 14.3. The molecule has 3 rings (SSSR count). The van der Waals surface area contributed by atoms with Gasteiger partial charge in [-0.25, -0.2) is 4.79 Å². The van der Waals surface area contributed by atoms with Gasteiger partial charge in [-0.1, -0.05) is 0 Å². The molecule has 1 heterocycles. The van der Waals surface area contributed by atoms with Crippen LogP contribution in [-0.2, 0) is 22.4 Å². The first-order valence-electron chi connectivity index (χ1n) is 6.90. The van der Waals surface area contributed by atoms with Crippen molar-refractivity contribution in [2.24, 2.45) is 0 Å². The monoisotopic (exact) mass is 285 g/mol. The summed E-state index contributed by atoms with van der Waals surface area (Å²) in [6.07, 6.45) is 6.08. The number of aliphatic carboxylic acids is 1. The van der Waals surface area contributed by atoms with Crippen LogP contribution in [0.15, 0.2) is 34.8 Å². The number of carbonyl (C=O) groups excluding carboxylic acids is 1. The minimum Gasteiger partial charge on any atom is -0.478 e. The molecular formula is C16H15NO4. The van der Waals surface area contributed by atoms with Crippen molar-refractivity contribution in [3.05, 3.63) is 41.7 Å². The maximum atomic E-state index is 11.6. The average Bonchev–Trinajstić information content (AvgIpc) is 2.83. The van der Waals surface area contributed by atoms with Gasteiger partial charge in [-0.2, -0.15) is 0 Å². The van der Waals surface area contributed by atoms with Gasteiger partial charge in [-0.15, -0.1) is 0 Å². The molecule has 0 bridgehead atoms. The first-order valence-corrected chi connectivity index (χ1v) is 6.90. The molecule has 2 aromatic rings. The maximum Gasteiger partial charge on any atom is 0.328 e. The molecule has 0 unspecified atom stereocenters. The molecule has 1 amide bonds. The fraction of sp³-hybridized carbons (Fsp3) is 0.250. The third kappa shape index (κ3) is 2.81. The standard InChI is InChI=1S/C16H15NO4/c18-15(7-8-16(19)20)17-10-5-6-14-12(9-10)11-3-1-2-4-13(11)21-14/h5-9H,1-4H2,(H,17,18)(H,19,20)/b8-7+. The van der Waals surface area contributed by atoms with Gasteiger partial charge < -0.3 is 14.8 Å². The average molecular weight is 285 g/mol. The highest BCUT2D eigenvalue weighted by molar-refractivity contribution is 6.03. The van der Waals surface area contributed by atoms with Gasteiger partial charge in [-0.3, -0.25) is 4.79 Å². The Morgan fingerprint density at radius 3 is 2.81 bits per heavy atom. The second kappa shape index (κ2) is 5.44. The van der Waals surface area contributed by atoms with Gasteiger partial charge in [0.25, 0.3) is 0 Å². The van der Waals surface area contributed by atoms with Gasteiger partial charge in [0.05, 0.1) is 0 Å². The summed E-state index contributed by atoms with van der Waals surface area (Å²) in [5.41, 5.74) is 2.70. The predicted octanol–water partition coefficient (Wildman–Crippen LogP) is 2.89. The third-order valence-electron chi connectivity index (χ3n) is 3.60. The lowest BCUT2D eigenvalue weighted by Gasteiger charge is -2.08. The molecule has 0 aliphatic heterocycles. The second-order valence-electron chi connectivity index (χ2n) is 5.08. The summed E-state index contributed by atoms with van der Waals surface area (Å²) < 4.78 is 5.83. The number of hydrogen-bond acceptors (Lipinski definition) is 3. The zero-order chi connectivity index (χ0) is 14.8. The van der Waals surface area contributed by atoms with Crippen LogP contribution in [-0.4, -0.2) is 17.0 Å². The maximum absolute atomic E-state index is 11.6. The molecule has 2 N–H and O–H groups in total. The Labute approximate surface area is 121 Å². The third-order valence-corrected chi connectivity index (χ3v) is 3.60. The summed E-state index contributed by atoms with van der Waals surface area (Å²) in [6.45, 7) is 0. The van der Waals surface area contributed by atoms with Crippen molar-refractivity contribution in [3.63, 3.8) is 0 Å². The first-order chi connectivity index (χ1) is 10.1. The number of nitrogens with one attached hydrogen (secondary N) is 1. The zero-order valence-corrected chi connectivity index (χ0v) is 11.4. The molecule has 1 aliphatic rings. The molecule has 0 saturated carbocycles. The van der Waals surface area contributed by atoms with E-state index < -0.39 is 11.9 Å². The number of fused-ring (bicyclic) bond motifs is 3. The van der Waals surface area contributed by atoms with Crippen LogP contribution in [0.3, 0.4) is 0 Å². The molecule has 0 spiro atoms. The number of benzene rings is 1. The Morgan fingerprint density at radius 1 is 1.19 bits per heavy atom. The second-order valence-corrected chi connectivity index (χ2v) is 5.08. The van der Waals surface area contributed by atoms with Crippen molar-refractivity contribution in [3.8, 4) is 0 Å². The highest BCUT2D eigenvalue weighted by atomic mass is 16.4. The Balaban J connectivity index is 1.87. The lowest BCUT2D eigenvalue weighted by molar-refractivity contribution is -0.131. The van der Waals surface area contributed by atoms with Crippen LogP contribution in [0.1, 0.15) is 24.2 Å². The SMILES string of the molecule is O=C(O)/C=C/C(=O)Nc1ccc2oc3c(c2c1)CCCC3. The molecule has 0 saturated heterocycles. The molecule has 5 nitrogen and oxygen atoms in total. The summed E-state index contributed by atoms with van der Waals surface area (Å²) in [7, 11) is 0. The minimum atomic E-state index is -1.15. The highest BCUT2D eigenvalue weighted by Crippen LogP contribution is 2.33. The van der Waals surface area contributed by atoms with Gasteiger partial charge in [0, 0.05) is 35.2 Å². The van der Waals surface area contributed by atoms with Gasteiger partial charge in [-0.05, 0) is 37.5 Å². The fourth-order valence-electron chi connectivity index (χ4n) is 2.67. The van der Waals surface area contributed by atoms with Gasteiger partial charge in [0.15, 0.2) is 0 Å². The largest absolute Gasteiger partial charge is 0.478 e. The molecule has 0 radical (unpaired) electrons. The molecule has 0 fully saturated rings. The topological polar surface area (TPSA) is 79.5 Å². The number of amides is 1. The minimum absolute atomic E-state index is 0.464. The predicted molar refractivity (Wildman–Crippen MR) is 78.3 cm³/mol. The van der Waals surface area contributed by atoms with Crippen molar-refractivity contribution in [2.75, 3.05) is 5.32 Å². The number of carboxylic acid groups (broad SMARTS) is 1. The summed E-state index contributed by atoms with van der Waals surface area (Å²) in [5.74, 6) is -0.566. The number of aryl methyl sites for hydroxylation is 2. The molecule has 1 aromatic heterocycles. The van der Waals surface area contributed by atoms with Crippen LogP contribution < -0.4 is 5.32 Å². The Bertz CT molecular complexity index is 742. The molecular weight excluding hydrogens is 270 g/mol. The van der Waals surface area contributed by atoms with Gasteiger partial charge >= 0.3 is 5.97 Å². The van der Waals surface area contributed by atoms with E-state index in [9.17, 15) is 9.59 Å². The number of rotatable bonds is 3. The van der Waals surface area contributed by atoms with Crippen LogP contribution in [0.2, 0.25) is 0 Å². The van der Waals surface area contributed by atoms with E-state index in [0.717, 1.165) is 54.6 Å². The molecule has 5 heteroatoms. The Hall–Kier alpha value is -2.56. The van der Waals surface area contributed by atoms with Crippen molar-refractivity contribution < 1.29 is 19.1 Å². The zero-order valence-electron chi connectivity index (χ0n) is 11.4. The fourth-order valence-corrected chi connectivity index (χ4v) is 2.67. The van der Waals surface area contributed by atoms with Crippen molar-refractivity contribution >= 4 is 28.5 Å².